The smallest absolute Gasteiger partial charge is 0.433 e. The van der Waals surface area contributed by atoms with Gasteiger partial charge in [0.2, 0.25) is 5.75 Å². The minimum atomic E-state index is -4.56. The highest BCUT2D eigenvalue weighted by molar-refractivity contribution is 7.13. The molecule has 2 heterocycles. The average molecular weight is 397 g/mol. The van der Waals surface area contributed by atoms with Crippen molar-refractivity contribution in [1.82, 2.24) is 9.97 Å². The van der Waals surface area contributed by atoms with Crippen molar-refractivity contribution in [2.45, 2.75) is 13.1 Å². The van der Waals surface area contributed by atoms with Gasteiger partial charge in [-0.3, -0.25) is 10.1 Å². The number of aromatic hydroxyl groups is 2. The Morgan fingerprint density at radius 2 is 1.89 bits per heavy atom. The Kier molecular flexibility index (Phi) is 4.47. The molecule has 0 atom stereocenters. The lowest BCUT2D eigenvalue weighted by atomic mass is 10.1. The molecule has 2 N–H and O–H groups in total. The molecule has 0 aliphatic rings. The van der Waals surface area contributed by atoms with Crippen molar-refractivity contribution < 1.29 is 28.3 Å². The van der Waals surface area contributed by atoms with Crippen LogP contribution in [0, 0.1) is 17.0 Å². The van der Waals surface area contributed by atoms with Crippen molar-refractivity contribution in [3.8, 4) is 33.3 Å². The minimum absolute atomic E-state index is 0.130. The Hall–Kier alpha value is -3.21. The number of nitrogens with zero attached hydrogens (tertiary/aromatic N) is 3. The number of phenolic OH excluding ortho intramolecular Hbond substituents is 2. The number of halogens is 3. The lowest BCUT2D eigenvalue weighted by Gasteiger charge is -2.08. The van der Waals surface area contributed by atoms with Crippen molar-refractivity contribution in [3.05, 3.63) is 51.1 Å². The van der Waals surface area contributed by atoms with Crippen LogP contribution in [0.15, 0.2) is 29.6 Å². The van der Waals surface area contributed by atoms with Gasteiger partial charge in [0, 0.05) is 28.3 Å². The van der Waals surface area contributed by atoms with Gasteiger partial charge in [0.15, 0.2) is 5.75 Å². The molecule has 0 amide bonds. The van der Waals surface area contributed by atoms with E-state index in [1.165, 1.54) is 18.4 Å². The summed E-state index contributed by atoms with van der Waals surface area (Å²) in [4.78, 5) is 17.9. The third-order valence-electron chi connectivity index (χ3n) is 3.67. The van der Waals surface area contributed by atoms with Crippen LogP contribution in [-0.2, 0) is 6.18 Å². The van der Waals surface area contributed by atoms with Crippen LogP contribution >= 0.6 is 11.3 Å². The highest BCUT2D eigenvalue weighted by atomic mass is 32.1. The molecular weight excluding hydrogens is 387 g/mol. The summed E-state index contributed by atoms with van der Waals surface area (Å²) in [6, 6.07) is 4.26. The first-order valence-electron chi connectivity index (χ1n) is 7.29. The minimum Gasteiger partial charge on any atom is -0.504 e. The molecule has 140 valence electrons. The maximum absolute atomic E-state index is 12.7. The standard InChI is InChI=1S/C16H10F3N3O4S/c1-7-9(2-3-13(20-7)16(17,18)19)15-21-10(6-27-15)8-4-11(22(25)26)14(24)12(23)5-8/h2-6,23-24H,1H3. The summed E-state index contributed by atoms with van der Waals surface area (Å²) in [7, 11) is 0. The number of nitro groups is 1. The number of pyridine rings is 1. The molecule has 0 saturated heterocycles. The highest BCUT2D eigenvalue weighted by Crippen LogP contribution is 2.40. The number of benzene rings is 1. The zero-order valence-corrected chi connectivity index (χ0v) is 14.3. The predicted octanol–water partition coefficient (Wildman–Crippen LogP) is 4.52. The molecule has 0 bridgehead atoms. The molecule has 0 unspecified atom stereocenters. The van der Waals surface area contributed by atoms with E-state index >= 15 is 0 Å². The number of nitro benzene ring substituents is 1. The molecule has 0 fully saturated rings. The molecule has 1 aromatic carbocycles. The summed E-state index contributed by atoms with van der Waals surface area (Å²) < 4.78 is 38.2. The van der Waals surface area contributed by atoms with Gasteiger partial charge in [-0.15, -0.1) is 11.3 Å². The van der Waals surface area contributed by atoms with Crippen LogP contribution in [0.3, 0.4) is 0 Å². The molecule has 7 nitrogen and oxygen atoms in total. The number of alkyl halides is 3. The molecule has 0 saturated carbocycles. The van der Waals surface area contributed by atoms with E-state index in [0.29, 0.717) is 10.6 Å². The highest BCUT2D eigenvalue weighted by Gasteiger charge is 2.32. The van der Waals surface area contributed by atoms with Crippen LogP contribution < -0.4 is 0 Å². The molecule has 3 aromatic rings. The van der Waals surface area contributed by atoms with Crippen LogP contribution in [0.1, 0.15) is 11.4 Å². The summed E-state index contributed by atoms with van der Waals surface area (Å²) >= 11 is 1.10. The summed E-state index contributed by atoms with van der Waals surface area (Å²) in [5.41, 5.74) is -0.752. The quantitative estimate of drug-likeness (QED) is 0.382. The number of aromatic nitrogens is 2. The maximum atomic E-state index is 12.7. The van der Waals surface area contributed by atoms with Gasteiger partial charge in [0.1, 0.15) is 10.7 Å². The Morgan fingerprint density at radius 3 is 2.48 bits per heavy atom. The first-order chi connectivity index (χ1) is 12.6. The molecule has 2 aromatic heterocycles. The van der Waals surface area contributed by atoms with E-state index in [4.69, 9.17) is 0 Å². The van der Waals surface area contributed by atoms with Gasteiger partial charge in [-0.2, -0.15) is 13.2 Å². The molecular formula is C16H10F3N3O4S. The fraction of sp³-hybridized carbons (Fsp3) is 0.125. The molecule has 27 heavy (non-hydrogen) atoms. The number of hydrogen-bond acceptors (Lipinski definition) is 7. The van der Waals surface area contributed by atoms with Crippen LogP contribution in [0.2, 0.25) is 0 Å². The normalized spacial score (nSPS) is 11.6. The summed E-state index contributed by atoms with van der Waals surface area (Å²) in [5, 5.41) is 32.1. The second-order valence-corrected chi connectivity index (χ2v) is 6.34. The van der Waals surface area contributed by atoms with Crippen LogP contribution in [0.4, 0.5) is 18.9 Å². The van der Waals surface area contributed by atoms with E-state index in [-0.39, 0.29) is 17.0 Å². The fourth-order valence-electron chi connectivity index (χ4n) is 2.37. The van der Waals surface area contributed by atoms with E-state index in [2.05, 4.69) is 9.97 Å². The van der Waals surface area contributed by atoms with Crippen LogP contribution in [-0.4, -0.2) is 25.1 Å². The molecule has 0 spiro atoms. The predicted molar refractivity (Wildman–Crippen MR) is 90.5 cm³/mol. The summed E-state index contributed by atoms with van der Waals surface area (Å²) in [6.07, 6.45) is -4.56. The lowest BCUT2D eigenvalue weighted by Crippen LogP contribution is -2.08. The summed E-state index contributed by atoms with van der Waals surface area (Å²) in [5.74, 6) is -1.54. The zero-order valence-electron chi connectivity index (χ0n) is 13.5. The second-order valence-electron chi connectivity index (χ2n) is 5.49. The monoisotopic (exact) mass is 397 g/mol. The van der Waals surface area contributed by atoms with E-state index in [1.807, 2.05) is 0 Å². The van der Waals surface area contributed by atoms with Gasteiger partial charge in [0.05, 0.1) is 10.6 Å². The van der Waals surface area contributed by atoms with Gasteiger partial charge in [-0.25, -0.2) is 9.97 Å². The maximum Gasteiger partial charge on any atom is 0.433 e. The van der Waals surface area contributed by atoms with Crippen LogP contribution in [0.5, 0.6) is 11.5 Å². The van der Waals surface area contributed by atoms with E-state index < -0.39 is 34.0 Å². The van der Waals surface area contributed by atoms with Gasteiger partial charge < -0.3 is 10.2 Å². The first kappa shape index (κ1) is 18.6. The van der Waals surface area contributed by atoms with E-state index in [1.54, 1.807) is 0 Å². The van der Waals surface area contributed by atoms with Crippen molar-refractivity contribution in [1.29, 1.82) is 0 Å². The number of phenols is 2. The number of rotatable bonds is 3. The van der Waals surface area contributed by atoms with Crippen molar-refractivity contribution in [2.75, 3.05) is 0 Å². The second kappa shape index (κ2) is 6.50. The zero-order chi connectivity index (χ0) is 19.9. The van der Waals surface area contributed by atoms with E-state index in [9.17, 15) is 33.5 Å². The number of hydrogen-bond donors (Lipinski definition) is 2. The van der Waals surface area contributed by atoms with Gasteiger partial charge in [0.25, 0.3) is 0 Å². The number of thiazole rings is 1. The molecule has 0 aliphatic heterocycles. The molecule has 11 heteroatoms. The SMILES string of the molecule is Cc1nc(C(F)(F)F)ccc1-c1nc(-c2cc(O)c(O)c([N+](=O)[O-])c2)cs1. The molecule has 3 rings (SSSR count). The van der Waals surface area contributed by atoms with Gasteiger partial charge in [-0.05, 0) is 25.1 Å². The van der Waals surface area contributed by atoms with Gasteiger partial charge in [-0.1, -0.05) is 0 Å². The van der Waals surface area contributed by atoms with E-state index in [0.717, 1.165) is 29.5 Å². The topological polar surface area (TPSA) is 109 Å². The van der Waals surface area contributed by atoms with Crippen molar-refractivity contribution in [2.24, 2.45) is 0 Å². The lowest BCUT2D eigenvalue weighted by molar-refractivity contribution is -0.385. The van der Waals surface area contributed by atoms with Crippen molar-refractivity contribution >= 4 is 17.0 Å². The first-order valence-corrected chi connectivity index (χ1v) is 8.17. The van der Waals surface area contributed by atoms with Crippen molar-refractivity contribution in [3.63, 3.8) is 0 Å². The van der Waals surface area contributed by atoms with Gasteiger partial charge >= 0.3 is 11.9 Å². The number of aryl methyl sites for hydroxylation is 1. The third kappa shape index (κ3) is 3.53. The fourth-order valence-corrected chi connectivity index (χ4v) is 3.27. The average Bonchev–Trinajstić information content (AvgIpc) is 3.05. The Labute approximate surface area is 153 Å². The Bertz CT molecular complexity index is 1050. The summed E-state index contributed by atoms with van der Waals surface area (Å²) in [6.45, 7) is 1.42. The molecule has 0 aliphatic carbocycles. The largest absolute Gasteiger partial charge is 0.504 e. The Morgan fingerprint density at radius 1 is 1.19 bits per heavy atom. The molecule has 0 radical (unpaired) electrons. The third-order valence-corrected chi connectivity index (χ3v) is 4.55. The van der Waals surface area contributed by atoms with Crippen LogP contribution in [0.25, 0.3) is 21.8 Å². The Balaban J connectivity index is 2.02.